The highest BCUT2D eigenvalue weighted by Gasteiger charge is 2.52. The van der Waals surface area contributed by atoms with Crippen LogP contribution < -0.4 is 0 Å². The number of aromatic nitrogens is 2. The molecule has 2 aliphatic rings. The Morgan fingerprint density at radius 2 is 1.17 bits per heavy atom. The average molecular weight is 599 g/mol. The van der Waals surface area contributed by atoms with Gasteiger partial charge in [0, 0.05) is 27.6 Å². The number of furan rings is 1. The molecule has 1 spiro atoms. The molecular formula is C44H26N2O. The van der Waals surface area contributed by atoms with E-state index in [0.717, 1.165) is 50.0 Å². The molecule has 47 heavy (non-hydrogen) atoms. The van der Waals surface area contributed by atoms with E-state index < -0.39 is 5.41 Å². The fourth-order valence-corrected chi connectivity index (χ4v) is 8.60. The zero-order valence-corrected chi connectivity index (χ0v) is 25.3. The van der Waals surface area contributed by atoms with Gasteiger partial charge in [0.05, 0.1) is 16.4 Å². The van der Waals surface area contributed by atoms with Crippen molar-refractivity contribution in [3.05, 3.63) is 180 Å². The van der Waals surface area contributed by atoms with E-state index in [1.807, 2.05) is 0 Å². The maximum Gasteiger partial charge on any atom is 0.145 e. The fraction of sp³-hybridized carbons (Fsp3) is 0.0227. The van der Waals surface area contributed by atoms with Gasteiger partial charge in [-0.2, -0.15) is 0 Å². The van der Waals surface area contributed by atoms with Crippen LogP contribution in [-0.2, 0) is 5.41 Å². The minimum atomic E-state index is -0.456. The van der Waals surface area contributed by atoms with Crippen molar-refractivity contribution in [2.45, 2.75) is 5.41 Å². The first-order valence-corrected chi connectivity index (χ1v) is 16.1. The van der Waals surface area contributed by atoms with E-state index in [9.17, 15) is 0 Å². The van der Waals surface area contributed by atoms with E-state index >= 15 is 0 Å². The van der Waals surface area contributed by atoms with Gasteiger partial charge < -0.3 is 4.42 Å². The van der Waals surface area contributed by atoms with Crippen molar-refractivity contribution in [2.24, 2.45) is 0 Å². The third-order valence-corrected chi connectivity index (χ3v) is 10.4. The molecule has 0 amide bonds. The number of rotatable bonds is 2. The van der Waals surface area contributed by atoms with Crippen molar-refractivity contribution in [3.8, 4) is 39.3 Å². The summed E-state index contributed by atoms with van der Waals surface area (Å²) in [5, 5.41) is 2.29. The molecule has 0 atom stereocenters. The van der Waals surface area contributed by atoms with Gasteiger partial charge in [0.15, 0.2) is 0 Å². The van der Waals surface area contributed by atoms with Crippen LogP contribution >= 0.6 is 0 Å². The van der Waals surface area contributed by atoms with Gasteiger partial charge in [-0.25, -0.2) is 4.98 Å². The number of hydrogen-bond acceptors (Lipinski definition) is 2. The second-order valence-corrected chi connectivity index (χ2v) is 12.7. The van der Waals surface area contributed by atoms with Crippen LogP contribution in [-0.4, -0.2) is 9.55 Å². The lowest BCUT2D eigenvalue weighted by atomic mass is 9.70. The molecule has 2 heterocycles. The molecule has 3 nitrogen and oxygen atoms in total. The Labute approximate surface area is 271 Å². The molecule has 0 bridgehead atoms. The Hall–Kier alpha value is -6.19. The first-order valence-electron chi connectivity index (χ1n) is 16.1. The van der Waals surface area contributed by atoms with E-state index in [2.05, 4.69) is 162 Å². The van der Waals surface area contributed by atoms with Crippen molar-refractivity contribution < 1.29 is 4.42 Å². The van der Waals surface area contributed by atoms with Gasteiger partial charge in [0.25, 0.3) is 0 Å². The standard InChI is InChI=1S/C44H26N2O/c1-2-12-27(13-3-1)43-45-38-19-9-10-20-39(38)46(43)28-22-24-36-33(26-28)41-37(25-23-32-31-16-6-11-21-40(31)47-42(32)41)44(36)34-17-7-4-14-29(34)30-15-5-8-18-35(30)44/h1-26H. The number of imidazole rings is 1. The first kappa shape index (κ1) is 25.1. The largest absolute Gasteiger partial charge is 0.455 e. The molecule has 11 rings (SSSR count). The SMILES string of the molecule is c1ccc(-c2nc3ccccc3n2-c2ccc3c(c2)-c2c(ccc4c2oc2ccccc24)C32c3ccccc3-c3ccccc32)cc1. The first-order chi connectivity index (χ1) is 23.3. The summed E-state index contributed by atoms with van der Waals surface area (Å²) in [4.78, 5) is 5.15. The zero-order valence-electron chi connectivity index (χ0n) is 25.3. The second-order valence-electron chi connectivity index (χ2n) is 12.7. The van der Waals surface area contributed by atoms with Crippen LogP contribution in [0.15, 0.2) is 162 Å². The molecule has 3 heteroatoms. The van der Waals surface area contributed by atoms with Crippen LogP contribution in [0, 0.1) is 0 Å². The molecule has 0 fully saturated rings. The molecule has 0 unspecified atom stereocenters. The third kappa shape index (κ3) is 3.09. The van der Waals surface area contributed by atoms with Crippen molar-refractivity contribution >= 4 is 33.0 Å². The molecule has 0 radical (unpaired) electrons. The van der Waals surface area contributed by atoms with E-state index in [4.69, 9.17) is 9.40 Å². The lowest BCUT2D eigenvalue weighted by Gasteiger charge is -2.30. The number of fused-ring (bicyclic) bond motifs is 15. The maximum absolute atomic E-state index is 6.81. The Bertz CT molecular complexity index is 2700. The predicted molar refractivity (Wildman–Crippen MR) is 190 cm³/mol. The van der Waals surface area contributed by atoms with Gasteiger partial charge in [-0.15, -0.1) is 0 Å². The Morgan fingerprint density at radius 1 is 0.511 bits per heavy atom. The summed E-state index contributed by atoms with van der Waals surface area (Å²) in [7, 11) is 0. The molecule has 0 saturated carbocycles. The van der Waals surface area contributed by atoms with Crippen LogP contribution in [0.4, 0.5) is 0 Å². The summed E-state index contributed by atoms with van der Waals surface area (Å²) in [6, 6.07) is 56.8. The normalized spacial score (nSPS) is 13.7. The van der Waals surface area contributed by atoms with Gasteiger partial charge in [0.1, 0.15) is 17.0 Å². The molecular weight excluding hydrogens is 572 g/mol. The van der Waals surface area contributed by atoms with Crippen molar-refractivity contribution in [3.63, 3.8) is 0 Å². The summed E-state index contributed by atoms with van der Waals surface area (Å²) in [5.74, 6) is 0.929. The lowest BCUT2D eigenvalue weighted by Crippen LogP contribution is -2.25. The van der Waals surface area contributed by atoms with Crippen LogP contribution in [0.3, 0.4) is 0 Å². The van der Waals surface area contributed by atoms with Crippen molar-refractivity contribution in [2.75, 3.05) is 0 Å². The predicted octanol–water partition coefficient (Wildman–Crippen LogP) is 10.9. The lowest BCUT2D eigenvalue weighted by molar-refractivity contribution is 0.669. The molecule has 2 aliphatic carbocycles. The van der Waals surface area contributed by atoms with Crippen LogP contribution in [0.1, 0.15) is 22.3 Å². The Morgan fingerprint density at radius 3 is 2.00 bits per heavy atom. The van der Waals surface area contributed by atoms with Gasteiger partial charge in [-0.3, -0.25) is 4.57 Å². The molecule has 0 saturated heterocycles. The third-order valence-electron chi connectivity index (χ3n) is 10.4. The summed E-state index contributed by atoms with van der Waals surface area (Å²) < 4.78 is 9.12. The maximum atomic E-state index is 6.81. The van der Waals surface area contributed by atoms with Gasteiger partial charge >= 0.3 is 0 Å². The number of nitrogens with zero attached hydrogens (tertiary/aromatic N) is 2. The second kappa shape index (κ2) is 8.96. The monoisotopic (exact) mass is 598 g/mol. The molecule has 9 aromatic rings. The van der Waals surface area contributed by atoms with E-state index in [1.165, 1.54) is 44.5 Å². The highest BCUT2D eigenvalue weighted by Crippen LogP contribution is 2.64. The zero-order chi connectivity index (χ0) is 30.7. The van der Waals surface area contributed by atoms with Gasteiger partial charge in [0.2, 0.25) is 0 Å². The number of para-hydroxylation sites is 3. The van der Waals surface area contributed by atoms with Crippen molar-refractivity contribution in [1.29, 1.82) is 0 Å². The topological polar surface area (TPSA) is 31.0 Å². The molecule has 0 N–H and O–H groups in total. The summed E-state index contributed by atoms with van der Waals surface area (Å²) in [6.45, 7) is 0. The van der Waals surface area contributed by atoms with Crippen molar-refractivity contribution in [1.82, 2.24) is 9.55 Å². The van der Waals surface area contributed by atoms with E-state index in [-0.39, 0.29) is 0 Å². The fourth-order valence-electron chi connectivity index (χ4n) is 8.60. The highest BCUT2D eigenvalue weighted by atomic mass is 16.3. The highest BCUT2D eigenvalue weighted by molar-refractivity contribution is 6.13. The summed E-state index contributed by atoms with van der Waals surface area (Å²) in [5.41, 5.74) is 15.8. The minimum Gasteiger partial charge on any atom is -0.455 e. The smallest absolute Gasteiger partial charge is 0.145 e. The Balaban J connectivity index is 1.29. The minimum absolute atomic E-state index is 0.456. The van der Waals surface area contributed by atoms with E-state index in [0.29, 0.717) is 0 Å². The van der Waals surface area contributed by atoms with Crippen LogP contribution in [0.25, 0.3) is 72.3 Å². The summed E-state index contributed by atoms with van der Waals surface area (Å²) >= 11 is 0. The Kier molecular flexibility index (Phi) is 4.78. The number of hydrogen-bond donors (Lipinski definition) is 0. The van der Waals surface area contributed by atoms with Gasteiger partial charge in [-0.05, 0) is 69.3 Å². The summed E-state index contributed by atoms with van der Waals surface area (Å²) in [6.07, 6.45) is 0. The average Bonchev–Trinajstić information content (AvgIpc) is 3.87. The molecule has 7 aromatic carbocycles. The van der Waals surface area contributed by atoms with Crippen LogP contribution in [0.5, 0.6) is 0 Å². The number of benzene rings is 7. The molecule has 0 aliphatic heterocycles. The molecule has 218 valence electrons. The van der Waals surface area contributed by atoms with Gasteiger partial charge in [-0.1, -0.05) is 127 Å². The molecule has 2 aromatic heterocycles. The quantitative estimate of drug-likeness (QED) is 0.198. The van der Waals surface area contributed by atoms with E-state index in [1.54, 1.807) is 0 Å². The van der Waals surface area contributed by atoms with Crippen LogP contribution in [0.2, 0.25) is 0 Å².